The predicted molar refractivity (Wildman–Crippen MR) is 74.2 cm³/mol. The first-order valence-corrected chi connectivity index (χ1v) is 7.32. The first kappa shape index (κ1) is 13.1. The predicted octanol–water partition coefficient (Wildman–Crippen LogP) is 2.66. The summed E-state index contributed by atoms with van der Waals surface area (Å²) in [7, 11) is 2.25. The van der Waals surface area contributed by atoms with Gasteiger partial charge in [0.1, 0.15) is 0 Å². The Hall–Kier alpha value is -0.340. The van der Waals surface area contributed by atoms with Crippen molar-refractivity contribution in [1.29, 1.82) is 0 Å². The Labute approximate surface area is 106 Å². The smallest absolute Gasteiger partial charge is 0.00793 e. The summed E-state index contributed by atoms with van der Waals surface area (Å²) in [6.07, 6.45) is 11.4. The van der Waals surface area contributed by atoms with Gasteiger partial charge >= 0.3 is 0 Å². The topological polar surface area (TPSA) is 15.3 Å². The third-order valence-corrected chi connectivity index (χ3v) is 4.47. The molecule has 0 aromatic carbocycles. The summed E-state index contributed by atoms with van der Waals surface area (Å²) in [5.41, 5.74) is 0. The van der Waals surface area contributed by atoms with Gasteiger partial charge in [-0.2, -0.15) is 0 Å². The second kappa shape index (κ2) is 6.55. The van der Waals surface area contributed by atoms with E-state index in [9.17, 15) is 0 Å². The lowest BCUT2D eigenvalue weighted by molar-refractivity contribution is 0.176. The lowest BCUT2D eigenvalue weighted by Crippen LogP contribution is -2.44. The average molecular weight is 236 g/mol. The summed E-state index contributed by atoms with van der Waals surface area (Å²) in [5, 5.41) is 3.78. The minimum Gasteiger partial charge on any atom is -0.314 e. The highest BCUT2D eigenvalue weighted by atomic mass is 15.1. The molecule has 2 heteroatoms. The van der Waals surface area contributed by atoms with E-state index < -0.39 is 0 Å². The number of hydrogen-bond acceptors (Lipinski definition) is 2. The molecule has 0 aromatic heterocycles. The van der Waals surface area contributed by atoms with E-state index >= 15 is 0 Å². The van der Waals surface area contributed by atoms with E-state index in [0.717, 1.165) is 11.8 Å². The molecule has 0 radical (unpaired) electrons. The summed E-state index contributed by atoms with van der Waals surface area (Å²) in [6, 6.07) is 0.684. The fourth-order valence-electron chi connectivity index (χ4n) is 3.18. The molecule has 17 heavy (non-hydrogen) atoms. The Morgan fingerprint density at radius 2 is 2.24 bits per heavy atom. The van der Waals surface area contributed by atoms with Gasteiger partial charge in [-0.15, -0.1) is 0 Å². The van der Waals surface area contributed by atoms with Crippen LogP contribution in [0.25, 0.3) is 0 Å². The van der Waals surface area contributed by atoms with Crippen LogP contribution in [0.3, 0.4) is 0 Å². The zero-order valence-electron chi connectivity index (χ0n) is 11.5. The van der Waals surface area contributed by atoms with E-state index in [1.54, 1.807) is 0 Å². The second-order valence-corrected chi connectivity index (χ2v) is 6.01. The number of hydrogen-bond donors (Lipinski definition) is 1. The van der Waals surface area contributed by atoms with Crippen LogP contribution >= 0.6 is 0 Å². The van der Waals surface area contributed by atoms with Crippen LogP contribution in [0, 0.1) is 11.8 Å². The van der Waals surface area contributed by atoms with E-state index in [4.69, 9.17) is 0 Å². The average Bonchev–Trinajstić information content (AvgIpc) is 2.37. The Balaban J connectivity index is 1.69. The Kier molecular flexibility index (Phi) is 5.05. The van der Waals surface area contributed by atoms with Crippen molar-refractivity contribution in [3.05, 3.63) is 12.2 Å². The molecule has 1 N–H and O–H groups in total. The second-order valence-electron chi connectivity index (χ2n) is 6.01. The van der Waals surface area contributed by atoms with Crippen molar-refractivity contribution in [3.63, 3.8) is 0 Å². The third kappa shape index (κ3) is 4.11. The van der Waals surface area contributed by atoms with Crippen molar-refractivity contribution in [2.45, 2.75) is 45.1 Å². The van der Waals surface area contributed by atoms with Crippen LogP contribution < -0.4 is 5.32 Å². The van der Waals surface area contributed by atoms with Gasteiger partial charge in [0.05, 0.1) is 0 Å². The van der Waals surface area contributed by atoms with Gasteiger partial charge in [-0.3, -0.25) is 0 Å². The molecule has 0 saturated carbocycles. The van der Waals surface area contributed by atoms with Gasteiger partial charge in [-0.1, -0.05) is 12.2 Å². The van der Waals surface area contributed by atoms with Crippen LogP contribution in [0.4, 0.5) is 0 Å². The molecule has 98 valence electrons. The molecule has 1 saturated heterocycles. The van der Waals surface area contributed by atoms with Gasteiger partial charge < -0.3 is 10.2 Å². The highest BCUT2D eigenvalue weighted by molar-refractivity contribution is 4.91. The maximum atomic E-state index is 3.78. The Morgan fingerprint density at radius 1 is 1.35 bits per heavy atom. The standard InChI is InChI=1S/C15H28N2/c1-13(15-9-6-10-17(2)12-15)16-11-14-7-4-3-5-8-14/h3-4,13-16H,5-12H2,1-2H3. The number of nitrogens with one attached hydrogen (secondary N) is 1. The first-order valence-electron chi connectivity index (χ1n) is 7.32. The van der Waals surface area contributed by atoms with Crippen molar-refractivity contribution in [3.8, 4) is 0 Å². The van der Waals surface area contributed by atoms with E-state index in [2.05, 4.69) is 36.3 Å². The molecule has 1 fully saturated rings. The Morgan fingerprint density at radius 3 is 2.94 bits per heavy atom. The van der Waals surface area contributed by atoms with E-state index in [0.29, 0.717) is 6.04 Å². The van der Waals surface area contributed by atoms with Gasteiger partial charge in [-0.25, -0.2) is 0 Å². The molecule has 0 spiro atoms. The van der Waals surface area contributed by atoms with Crippen molar-refractivity contribution < 1.29 is 0 Å². The molecule has 2 rings (SSSR count). The van der Waals surface area contributed by atoms with Gasteiger partial charge in [-0.05, 0) is 71.0 Å². The van der Waals surface area contributed by atoms with Gasteiger partial charge in [0, 0.05) is 12.6 Å². The number of piperidine rings is 1. The summed E-state index contributed by atoms with van der Waals surface area (Å²) in [5.74, 6) is 1.73. The van der Waals surface area contributed by atoms with Crippen LogP contribution in [0.1, 0.15) is 39.0 Å². The number of likely N-dealkylation sites (tertiary alicyclic amines) is 1. The van der Waals surface area contributed by atoms with Gasteiger partial charge in [0.15, 0.2) is 0 Å². The van der Waals surface area contributed by atoms with Crippen LogP contribution in [0.15, 0.2) is 12.2 Å². The molecule has 3 unspecified atom stereocenters. The summed E-state index contributed by atoms with van der Waals surface area (Å²) in [4.78, 5) is 2.48. The quantitative estimate of drug-likeness (QED) is 0.755. The van der Waals surface area contributed by atoms with Crippen LogP contribution in [-0.4, -0.2) is 37.6 Å². The zero-order valence-corrected chi connectivity index (χ0v) is 11.5. The fraction of sp³-hybridized carbons (Fsp3) is 0.867. The highest BCUT2D eigenvalue weighted by Crippen LogP contribution is 2.20. The molecule has 0 bridgehead atoms. The van der Waals surface area contributed by atoms with Crippen molar-refractivity contribution >= 4 is 0 Å². The highest BCUT2D eigenvalue weighted by Gasteiger charge is 2.23. The van der Waals surface area contributed by atoms with Crippen molar-refractivity contribution in [2.24, 2.45) is 11.8 Å². The lowest BCUT2D eigenvalue weighted by atomic mass is 9.90. The molecular formula is C15H28N2. The van der Waals surface area contributed by atoms with E-state index in [-0.39, 0.29) is 0 Å². The molecule has 1 aliphatic carbocycles. The minimum atomic E-state index is 0.684. The summed E-state index contributed by atoms with van der Waals surface area (Å²) in [6.45, 7) is 6.16. The van der Waals surface area contributed by atoms with Crippen molar-refractivity contribution in [1.82, 2.24) is 10.2 Å². The maximum absolute atomic E-state index is 3.78. The first-order chi connectivity index (χ1) is 8.25. The molecule has 2 nitrogen and oxygen atoms in total. The molecule has 0 aromatic rings. The zero-order chi connectivity index (χ0) is 12.1. The monoisotopic (exact) mass is 236 g/mol. The van der Waals surface area contributed by atoms with E-state index in [1.165, 1.54) is 51.7 Å². The fourth-order valence-corrected chi connectivity index (χ4v) is 3.18. The van der Waals surface area contributed by atoms with Crippen LogP contribution in [0.2, 0.25) is 0 Å². The molecule has 2 aliphatic rings. The third-order valence-electron chi connectivity index (χ3n) is 4.47. The minimum absolute atomic E-state index is 0.684. The largest absolute Gasteiger partial charge is 0.314 e. The van der Waals surface area contributed by atoms with E-state index in [1.807, 2.05) is 0 Å². The molecule has 3 atom stereocenters. The summed E-state index contributed by atoms with van der Waals surface area (Å²) < 4.78 is 0. The van der Waals surface area contributed by atoms with Gasteiger partial charge in [0.25, 0.3) is 0 Å². The molecule has 0 amide bonds. The lowest BCUT2D eigenvalue weighted by Gasteiger charge is -2.34. The molecule has 1 heterocycles. The Bertz CT molecular complexity index is 249. The van der Waals surface area contributed by atoms with Crippen LogP contribution in [0.5, 0.6) is 0 Å². The van der Waals surface area contributed by atoms with Crippen molar-refractivity contribution in [2.75, 3.05) is 26.7 Å². The molecule has 1 aliphatic heterocycles. The number of nitrogens with zero attached hydrogens (tertiary/aromatic N) is 1. The van der Waals surface area contributed by atoms with Crippen LogP contribution in [-0.2, 0) is 0 Å². The summed E-state index contributed by atoms with van der Waals surface area (Å²) >= 11 is 0. The normalized spacial score (nSPS) is 32.6. The molecular weight excluding hydrogens is 208 g/mol. The van der Waals surface area contributed by atoms with Gasteiger partial charge in [0.2, 0.25) is 0 Å². The maximum Gasteiger partial charge on any atom is 0.00793 e. The number of allylic oxidation sites excluding steroid dienone is 2. The number of rotatable bonds is 4. The SMILES string of the molecule is CC(NCC1CC=CCC1)C1CCCN(C)C1.